The highest BCUT2D eigenvalue weighted by atomic mass is 32.2. The van der Waals surface area contributed by atoms with E-state index in [0.717, 1.165) is 16.2 Å². The van der Waals surface area contributed by atoms with Gasteiger partial charge in [0.25, 0.3) is 0 Å². The molecule has 3 rings (SSSR count). The number of hydrogen-bond donors (Lipinski definition) is 0. The van der Waals surface area contributed by atoms with Crippen molar-refractivity contribution in [3.63, 3.8) is 0 Å². The molecule has 4 heteroatoms. The van der Waals surface area contributed by atoms with Gasteiger partial charge in [0.15, 0.2) is 7.14 Å². The van der Waals surface area contributed by atoms with E-state index in [2.05, 4.69) is 6.58 Å². The molecule has 27 heavy (non-hydrogen) atoms. The fraction of sp³-hybridized carbons (Fsp3) is 0.130. The van der Waals surface area contributed by atoms with Gasteiger partial charge in [-0.1, -0.05) is 97.1 Å². The molecule has 0 aliphatic rings. The van der Waals surface area contributed by atoms with Crippen LogP contribution in [0.4, 0.5) is 0 Å². The van der Waals surface area contributed by atoms with Crippen LogP contribution in [0.1, 0.15) is 12.0 Å². The maximum Gasteiger partial charge on any atom is 0.158 e. The Morgan fingerprint density at radius 3 is 1.70 bits per heavy atom. The molecule has 2 unspecified atom stereocenters. The van der Waals surface area contributed by atoms with E-state index in [1.54, 1.807) is 6.08 Å². The number of hydrogen-bond acceptors (Lipinski definition) is 2. The lowest BCUT2D eigenvalue weighted by Gasteiger charge is -2.27. The Kier molecular flexibility index (Phi) is 6.60. The average Bonchev–Trinajstić information content (AvgIpc) is 2.73. The van der Waals surface area contributed by atoms with Crippen LogP contribution in [0.5, 0.6) is 0 Å². The second kappa shape index (κ2) is 9.12. The van der Waals surface area contributed by atoms with Crippen molar-refractivity contribution in [2.45, 2.75) is 17.2 Å². The molecule has 0 fully saturated rings. The molecular weight excluding hydrogens is 371 g/mol. The highest BCUT2D eigenvalue weighted by Crippen LogP contribution is 2.51. The standard InChI is InChI=1S/C23H23O2PS/c1-2-12-23(27(25)19-20-13-6-3-7-14-20)26(24,21-15-8-4-9-16-21)22-17-10-5-11-18-22/h2-11,13-18,23H,1,12,19H2. The van der Waals surface area contributed by atoms with Gasteiger partial charge in [0.2, 0.25) is 0 Å². The van der Waals surface area contributed by atoms with Gasteiger partial charge >= 0.3 is 0 Å². The first-order chi connectivity index (χ1) is 13.2. The fourth-order valence-corrected chi connectivity index (χ4v) is 9.16. The van der Waals surface area contributed by atoms with Gasteiger partial charge in [-0.3, -0.25) is 4.21 Å². The molecule has 0 N–H and O–H groups in total. The summed E-state index contributed by atoms with van der Waals surface area (Å²) < 4.78 is 27.9. The summed E-state index contributed by atoms with van der Waals surface area (Å²) in [7, 11) is -4.43. The summed E-state index contributed by atoms with van der Waals surface area (Å²) in [5.41, 5.74) is 0.984. The van der Waals surface area contributed by atoms with Crippen molar-refractivity contribution in [2.24, 2.45) is 0 Å². The Balaban J connectivity index is 2.08. The second-order valence-corrected chi connectivity index (χ2v) is 11.3. The van der Waals surface area contributed by atoms with Crippen LogP contribution in [-0.2, 0) is 21.1 Å². The van der Waals surface area contributed by atoms with E-state index in [4.69, 9.17) is 0 Å². The van der Waals surface area contributed by atoms with E-state index in [-0.39, 0.29) is 0 Å². The number of rotatable bonds is 8. The van der Waals surface area contributed by atoms with E-state index < -0.39 is 22.9 Å². The largest absolute Gasteiger partial charge is 0.312 e. The van der Waals surface area contributed by atoms with Crippen molar-refractivity contribution in [2.75, 3.05) is 0 Å². The van der Waals surface area contributed by atoms with Crippen LogP contribution < -0.4 is 10.6 Å². The minimum Gasteiger partial charge on any atom is -0.312 e. The average molecular weight is 394 g/mol. The third kappa shape index (κ3) is 4.37. The molecule has 0 heterocycles. The summed E-state index contributed by atoms with van der Waals surface area (Å²) in [6.45, 7) is 3.84. The molecule has 0 aliphatic heterocycles. The fourth-order valence-electron chi connectivity index (χ4n) is 3.18. The molecule has 138 valence electrons. The van der Waals surface area contributed by atoms with E-state index in [1.807, 2.05) is 91.0 Å². The first-order valence-electron chi connectivity index (χ1n) is 8.89. The zero-order chi connectivity index (χ0) is 19.1. The van der Waals surface area contributed by atoms with Gasteiger partial charge in [-0.25, -0.2) is 0 Å². The van der Waals surface area contributed by atoms with Crippen molar-refractivity contribution < 1.29 is 8.77 Å². The van der Waals surface area contributed by atoms with Crippen LogP contribution in [0.2, 0.25) is 0 Å². The quantitative estimate of drug-likeness (QED) is 0.404. The first kappa shape index (κ1) is 19.5. The molecule has 2 nitrogen and oxygen atoms in total. The highest BCUT2D eigenvalue weighted by molar-refractivity contribution is 7.98. The smallest absolute Gasteiger partial charge is 0.158 e. The van der Waals surface area contributed by atoms with Crippen molar-refractivity contribution in [3.05, 3.63) is 109 Å². The minimum absolute atomic E-state index is 0.378. The van der Waals surface area contributed by atoms with Crippen LogP contribution in [-0.4, -0.2) is 9.20 Å². The zero-order valence-corrected chi connectivity index (χ0v) is 16.8. The van der Waals surface area contributed by atoms with E-state index >= 15 is 0 Å². The summed E-state index contributed by atoms with van der Waals surface area (Å²) in [5.74, 6) is 0.378. The molecule has 0 aromatic heterocycles. The molecule has 0 spiro atoms. The summed E-state index contributed by atoms with van der Waals surface area (Å²) >= 11 is 0. The maximum atomic E-state index is 14.5. The first-order valence-corrected chi connectivity index (χ1v) is 12.0. The number of benzene rings is 3. The monoisotopic (exact) mass is 394 g/mol. The van der Waals surface area contributed by atoms with Crippen molar-refractivity contribution in [1.82, 2.24) is 0 Å². The molecule has 0 amide bonds. The number of allylic oxidation sites excluding steroid dienone is 1. The second-order valence-electron chi connectivity index (χ2n) is 6.32. The van der Waals surface area contributed by atoms with Gasteiger partial charge in [-0.05, 0) is 12.0 Å². The Hall–Kier alpha value is -2.22. The van der Waals surface area contributed by atoms with Gasteiger partial charge in [0.1, 0.15) is 0 Å². The van der Waals surface area contributed by atoms with Crippen LogP contribution in [0.25, 0.3) is 0 Å². The van der Waals surface area contributed by atoms with Crippen LogP contribution in [0.15, 0.2) is 104 Å². The lowest BCUT2D eigenvalue weighted by Crippen LogP contribution is -2.29. The summed E-state index contributed by atoms with van der Waals surface area (Å²) in [6.07, 6.45) is 2.16. The van der Waals surface area contributed by atoms with Gasteiger partial charge in [-0.15, -0.1) is 6.58 Å². The minimum atomic E-state index is -3.12. The van der Waals surface area contributed by atoms with Gasteiger partial charge in [0, 0.05) is 27.2 Å². The molecule has 2 atom stereocenters. The Morgan fingerprint density at radius 1 is 0.815 bits per heavy atom. The highest BCUT2D eigenvalue weighted by Gasteiger charge is 2.39. The van der Waals surface area contributed by atoms with Crippen LogP contribution >= 0.6 is 7.14 Å². The molecule has 0 aliphatic carbocycles. The molecule has 0 radical (unpaired) electrons. The van der Waals surface area contributed by atoms with E-state index in [9.17, 15) is 8.77 Å². The molecule has 0 saturated heterocycles. The predicted octanol–water partition coefficient (Wildman–Crippen LogP) is 4.85. The Morgan fingerprint density at radius 2 is 1.26 bits per heavy atom. The van der Waals surface area contributed by atoms with E-state index in [1.165, 1.54) is 0 Å². The maximum absolute atomic E-state index is 14.5. The summed E-state index contributed by atoms with van der Waals surface area (Å²) in [4.78, 5) is -0.514. The Labute approximate surface area is 163 Å². The summed E-state index contributed by atoms with van der Waals surface area (Å²) in [6, 6.07) is 28.6. The van der Waals surface area contributed by atoms with Crippen LogP contribution in [0, 0.1) is 0 Å². The van der Waals surface area contributed by atoms with Crippen molar-refractivity contribution in [3.8, 4) is 0 Å². The predicted molar refractivity (Wildman–Crippen MR) is 117 cm³/mol. The van der Waals surface area contributed by atoms with Crippen molar-refractivity contribution in [1.29, 1.82) is 0 Å². The molecule has 3 aromatic rings. The summed E-state index contributed by atoms with van der Waals surface area (Å²) in [5, 5.41) is 1.48. The third-order valence-electron chi connectivity index (χ3n) is 4.51. The van der Waals surface area contributed by atoms with Crippen molar-refractivity contribution >= 4 is 28.6 Å². The zero-order valence-electron chi connectivity index (χ0n) is 15.1. The molecular formula is C23H23O2PS. The van der Waals surface area contributed by atoms with Gasteiger partial charge in [-0.2, -0.15) is 0 Å². The SMILES string of the molecule is C=CCC(S(=O)Cc1ccccc1)P(=O)(c1ccccc1)c1ccccc1. The van der Waals surface area contributed by atoms with Gasteiger partial charge < -0.3 is 4.57 Å². The Bertz CT molecular complexity index is 896. The molecule has 0 bridgehead atoms. The van der Waals surface area contributed by atoms with Gasteiger partial charge in [0.05, 0.1) is 4.99 Å². The molecule has 0 saturated carbocycles. The topological polar surface area (TPSA) is 34.1 Å². The lowest BCUT2D eigenvalue weighted by atomic mass is 10.2. The lowest BCUT2D eigenvalue weighted by molar-refractivity contribution is 0.584. The normalized spacial score (nSPS) is 13.6. The molecule has 3 aromatic carbocycles. The van der Waals surface area contributed by atoms with Crippen LogP contribution in [0.3, 0.4) is 0 Å². The third-order valence-corrected chi connectivity index (χ3v) is 10.7. The van der Waals surface area contributed by atoms with E-state index in [0.29, 0.717) is 12.2 Å².